The Labute approximate surface area is 74.8 Å². The van der Waals surface area contributed by atoms with Crippen LogP contribution in [0.5, 0.6) is 0 Å². The Bertz CT molecular complexity index is 11.6. The van der Waals surface area contributed by atoms with Gasteiger partial charge < -0.3 is 9.32 Å². The SMILES string of the molecule is [K].[O-][Cl+2]([O-])O. The molecule has 0 fully saturated rings. The predicted molar refractivity (Wildman–Crippen MR) is 7.97 cm³/mol. The first kappa shape index (κ1) is 9.93. The van der Waals surface area contributed by atoms with Crippen molar-refractivity contribution < 1.29 is 24.8 Å². The minimum absolute atomic E-state index is 0. The Morgan fingerprint density at radius 2 is 1.40 bits per heavy atom. The summed E-state index contributed by atoms with van der Waals surface area (Å²) in [6, 6.07) is 0. The molecule has 0 aliphatic heterocycles. The first-order valence-electron chi connectivity index (χ1n) is 0.478. The molecule has 0 aromatic rings. The van der Waals surface area contributed by atoms with Gasteiger partial charge in [0, 0.05) is 56.0 Å². The van der Waals surface area contributed by atoms with Crippen molar-refractivity contribution in [2.45, 2.75) is 0 Å². The number of halogens is 1. The van der Waals surface area contributed by atoms with Crippen molar-refractivity contribution >= 4 is 51.4 Å². The molecule has 0 heterocycles. The molecule has 0 amide bonds. The second kappa shape index (κ2) is 5.81. The monoisotopic (exact) mass is 123 g/mol. The molecular weight excluding hydrogens is 123 g/mol. The van der Waals surface area contributed by atoms with Crippen LogP contribution in [0.15, 0.2) is 0 Å². The van der Waals surface area contributed by atoms with Crippen LogP contribution < -0.4 is 9.32 Å². The average molecular weight is 124 g/mol. The van der Waals surface area contributed by atoms with Crippen LogP contribution in [0.4, 0.5) is 0 Å². The van der Waals surface area contributed by atoms with Crippen LogP contribution >= 0.6 is 0 Å². The normalized spacial score (nSPS) is 7.20. The third-order valence-electron chi connectivity index (χ3n) is 0. The number of rotatable bonds is 0. The van der Waals surface area contributed by atoms with Gasteiger partial charge in [-0.2, -0.15) is 0 Å². The standard InChI is InChI=1S/ClHO3.K/c2-1(3)4;/h2H;. The van der Waals surface area contributed by atoms with Gasteiger partial charge in [0.1, 0.15) is 0 Å². The third kappa shape index (κ3) is 25.8. The molecule has 0 atom stereocenters. The molecule has 27 valence electrons. The summed E-state index contributed by atoms with van der Waals surface area (Å²) in [6.07, 6.45) is 0. The van der Waals surface area contributed by atoms with Crippen LogP contribution in [0.3, 0.4) is 0 Å². The summed E-state index contributed by atoms with van der Waals surface area (Å²) in [5.41, 5.74) is 0. The Morgan fingerprint density at radius 1 is 1.40 bits per heavy atom. The summed E-state index contributed by atoms with van der Waals surface area (Å²) in [4.78, 5) is 0. The van der Waals surface area contributed by atoms with Crippen LogP contribution in [0.1, 0.15) is 0 Å². The van der Waals surface area contributed by atoms with E-state index in [0.717, 1.165) is 0 Å². The molecule has 0 aromatic heterocycles. The molecule has 5 heavy (non-hydrogen) atoms. The smallest absolute Gasteiger partial charge is 0.282 e. The maximum Gasteiger partial charge on any atom is 0.282 e. The van der Waals surface area contributed by atoms with E-state index in [0.29, 0.717) is 0 Å². The van der Waals surface area contributed by atoms with E-state index in [2.05, 4.69) is 0 Å². The van der Waals surface area contributed by atoms with Crippen LogP contribution in [0.25, 0.3) is 0 Å². The topological polar surface area (TPSA) is 66.3 Å². The van der Waals surface area contributed by atoms with Gasteiger partial charge in [0.05, 0.1) is 0 Å². The summed E-state index contributed by atoms with van der Waals surface area (Å²) in [7, 11) is -2.60. The molecule has 3 nitrogen and oxygen atoms in total. The van der Waals surface area contributed by atoms with Crippen LogP contribution in [-0.2, 0) is 0 Å². The van der Waals surface area contributed by atoms with Crippen LogP contribution in [0, 0.1) is 10.8 Å². The van der Waals surface area contributed by atoms with Crippen molar-refractivity contribution in [1.82, 2.24) is 0 Å². The minimum Gasteiger partial charge on any atom is -0.321 e. The number of hydrogen-bond acceptors (Lipinski definition) is 3. The van der Waals surface area contributed by atoms with Gasteiger partial charge in [-0.05, 0) is 0 Å². The molecule has 0 saturated heterocycles. The van der Waals surface area contributed by atoms with E-state index >= 15 is 0 Å². The molecular formula is HClKO3. The molecule has 0 bridgehead atoms. The molecule has 0 aromatic carbocycles. The van der Waals surface area contributed by atoms with E-state index in [1.165, 1.54) is 0 Å². The van der Waals surface area contributed by atoms with E-state index in [4.69, 9.17) is 14.0 Å². The fourth-order valence-corrected chi connectivity index (χ4v) is 0. The first-order valence-corrected chi connectivity index (χ1v) is 1.43. The Balaban J connectivity index is 0. The molecule has 1 N–H and O–H groups in total. The maximum absolute atomic E-state index is 8.52. The molecule has 0 unspecified atom stereocenters. The first-order chi connectivity index (χ1) is 1.73. The summed E-state index contributed by atoms with van der Waals surface area (Å²) in [5, 5.41) is 0. The number of hydrogen-bond donors (Lipinski definition) is 1. The zero-order chi connectivity index (χ0) is 3.58. The van der Waals surface area contributed by atoms with E-state index in [1.807, 2.05) is 0 Å². The van der Waals surface area contributed by atoms with Gasteiger partial charge in [-0.3, -0.25) is 0 Å². The summed E-state index contributed by atoms with van der Waals surface area (Å²) in [5.74, 6) is 0. The van der Waals surface area contributed by atoms with Gasteiger partial charge in [0.25, 0.3) is 10.8 Å². The quantitative estimate of drug-likeness (QED) is 0.343. The molecule has 0 spiro atoms. The molecule has 0 aliphatic carbocycles. The Kier molecular flexibility index (Phi) is 11.5. The second-order valence-electron chi connectivity index (χ2n) is 0.201. The summed E-state index contributed by atoms with van der Waals surface area (Å²) >= 11 is 0. The molecule has 0 aliphatic rings. The van der Waals surface area contributed by atoms with Gasteiger partial charge >= 0.3 is 0 Å². The third-order valence-corrected chi connectivity index (χ3v) is 0. The van der Waals surface area contributed by atoms with Gasteiger partial charge in [0.2, 0.25) is 0 Å². The van der Waals surface area contributed by atoms with Gasteiger partial charge in [0.15, 0.2) is 0 Å². The van der Waals surface area contributed by atoms with Gasteiger partial charge in [-0.15, -0.1) is 0 Å². The largest absolute Gasteiger partial charge is 0.321 e. The van der Waals surface area contributed by atoms with Crippen molar-refractivity contribution in [3.8, 4) is 0 Å². The van der Waals surface area contributed by atoms with Crippen molar-refractivity contribution in [2.24, 2.45) is 0 Å². The minimum atomic E-state index is -2.60. The van der Waals surface area contributed by atoms with E-state index < -0.39 is 10.8 Å². The predicted octanol–water partition coefficient (Wildman–Crippen LogP) is -3.32. The molecule has 5 heteroatoms. The van der Waals surface area contributed by atoms with Gasteiger partial charge in [-0.25, -0.2) is 0 Å². The molecule has 1 radical (unpaired) electrons. The van der Waals surface area contributed by atoms with Crippen molar-refractivity contribution in [3.63, 3.8) is 0 Å². The fourth-order valence-electron chi connectivity index (χ4n) is 0. The molecule has 0 rings (SSSR count). The van der Waals surface area contributed by atoms with Crippen molar-refractivity contribution in [1.29, 1.82) is 0 Å². The summed E-state index contributed by atoms with van der Waals surface area (Å²) in [6.45, 7) is 0. The zero-order valence-corrected chi connectivity index (χ0v) is 6.52. The van der Waals surface area contributed by atoms with E-state index in [9.17, 15) is 0 Å². The van der Waals surface area contributed by atoms with E-state index in [-0.39, 0.29) is 51.4 Å². The van der Waals surface area contributed by atoms with Crippen molar-refractivity contribution in [3.05, 3.63) is 0 Å². The van der Waals surface area contributed by atoms with Crippen LogP contribution in [0.2, 0.25) is 0 Å². The maximum atomic E-state index is 8.52. The zero-order valence-electron chi connectivity index (χ0n) is 2.64. The van der Waals surface area contributed by atoms with Crippen molar-refractivity contribution in [2.75, 3.05) is 0 Å². The average Bonchev–Trinajstić information content (AvgIpc) is 0.811. The summed E-state index contributed by atoms with van der Waals surface area (Å²) < 4.78 is 24.0. The molecule has 0 saturated carbocycles. The Hall–Kier alpha value is 1.81. The van der Waals surface area contributed by atoms with Gasteiger partial charge in [-0.1, -0.05) is 0 Å². The van der Waals surface area contributed by atoms with Crippen LogP contribution in [-0.4, -0.2) is 56.0 Å². The van der Waals surface area contributed by atoms with E-state index in [1.54, 1.807) is 0 Å². The fraction of sp³-hybridized carbons (Fsp3) is 0. The Morgan fingerprint density at radius 3 is 1.40 bits per heavy atom. The second-order valence-corrected chi connectivity index (χ2v) is 0.603.